The van der Waals surface area contributed by atoms with Gasteiger partial charge in [0.1, 0.15) is 0 Å². The lowest BCUT2D eigenvalue weighted by Gasteiger charge is -2.18. The lowest BCUT2D eigenvalue weighted by molar-refractivity contribution is -0.122. The number of hydrogen-bond donors (Lipinski definition) is 1. The Hall–Kier alpha value is -1.70. The van der Waals surface area contributed by atoms with Crippen molar-refractivity contribution in [1.29, 1.82) is 0 Å². The lowest BCUT2D eigenvalue weighted by Crippen LogP contribution is -2.40. The second-order valence-corrected chi connectivity index (χ2v) is 6.09. The first-order valence-corrected chi connectivity index (χ1v) is 7.31. The van der Waals surface area contributed by atoms with Crippen LogP contribution in [0.1, 0.15) is 24.2 Å². The summed E-state index contributed by atoms with van der Waals surface area (Å²) in [5, 5.41) is 2.65. The number of rotatable bonds is 5. The molecule has 0 radical (unpaired) electrons. The zero-order valence-corrected chi connectivity index (χ0v) is 13.2. The van der Waals surface area contributed by atoms with Crippen LogP contribution in [0.5, 0.6) is 0 Å². The molecule has 22 heavy (non-hydrogen) atoms. The first-order chi connectivity index (χ1) is 10.1. The number of nitrogens with zero attached hydrogens (tertiary/aromatic N) is 1. The predicted molar refractivity (Wildman–Crippen MR) is 78.6 cm³/mol. The number of thioether (sulfide) groups is 1. The van der Waals surface area contributed by atoms with Crippen molar-refractivity contribution in [2.45, 2.75) is 30.3 Å². The Labute approximate surface area is 131 Å². The van der Waals surface area contributed by atoms with E-state index in [0.29, 0.717) is 0 Å². The number of alkyl halides is 3. The van der Waals surface area contributed by atoms with E-state index < -0.39 is 11.4 Å². The van der Waals surface area contributed by atoms with E-state index in [-0.39, 0.29) is 40.7 Å². The van der Waals surface area contributed by atoms with Crippen molar-refractivity contribution >= 4 is 23.6 Å². The fourth-order valence-electron chi connectivity index (χ4n) is 1.67. The normalized spacial score (nSPS) is 11.4. The average Bonchev–Trinajstić information content (AvgIpc) is 2.35. The van der Waals surface area contributed by atoms with Crippen molar-refractivity contribution in [1.82, 2.24) is 10.2 Å². The van der Waals surface area contributed by atoms with E-state index in [9.17, 15) is 22.8 Å². The van der Waals surface area contributed by atoms with Crippen molar-refractivity contribution in [3.63, 3.8) is 0 Å². The first-order valence-electron chi connectivity index (χ1n) is 6.49. The van der Waals surface area contributed by atoms with E-state index in [1.54, 1.807) is 13.8 Å². The van der Waals surface area contributed by atoms with Crippen molar-refractivity contribution in [2.75, 3.05) is 13.6 Å². The van der Waals surface area contributed by atoms with E-state index in [1.807, 2.05) is 0 Å². The van der Waals surface area contributed by atoms with Crippen molar-refractivity contribution in [3.05, 3.63) is 29.8 Å². The summed E-state index contributed by atoms with van der Waals surface area (Å²) in [4.78, 5) is 24.9. The summed E-state index contributed by atoms with van der Waals surface area (Å²) in [7, 11) is 1.46. The summed E-state index contributed by atoms with van der Waals surface area (Å²) >= 11 is -0.242. The standard InChI is InChI=1S/C14H17F3N2O2S/c1-9(2)18-12(20)8-19(3)13(21)10-4-6-11(7-5-10)22-14(15,16)17/h4-7,9H,8H2,1-3H3,(H,18,20). The second-order valence-electron chi connectivity index (χ2n) is 4.96. The van der Waals surface area contributed by atoms with Gasteiger partial charge in [-0.2, -0.15) is 13.2 Å². The highest BCUT2D eigenvalue weighted by Crippen LogP contribution is 2.36. The van der Waals surface area contributed by atoms with Gasteiger partial charge >= 0.3 is 5.51 Å². The van der Waals surface area contributed by atoms with Crippen LogP contribution in [0.3, 0.4) is 0 Å². The second kappa shape index (κ2) is 7.53. The minimum absolute atomic E-state index is 0.00394. The Morgan fingerprint density at radius 1 is 1.23 bits per heavy atom. The number of halogens is 3. The highest BCUT2D eigenvalue weighted by Gasteiger charge is 2.29. The molecule has 0 saturated heterocycles. The maximum atomic E-state index is 12.2. The summed E-state index contributed by atoms with van der Waals surface area (Å²) in [6, 6.07) is 5.05. The van der Waals surface area contributed by atoms with Crippen LogP contribution in [0.2, 0.25) is 0 Å². The molecule has 0 aliphatic heterocycles. The Morgan fingerprint density at radius 2 is 1.77 bits per heavy atom. The van der Waals surface area contributed by atoms with Crippen LogP contribution in [0.15, 0.2) is 29.2 Å². The number of hydrogen-bond acceptors (Lipinski definition) is 3. The monoisotopic (exact) mass is 334 g/mol. The van der Waals surface area contributed by atoms with Gasteiger partial charge in [-0.15, -0.1) is 0 Å². The number of likely N-dealkylation sites (N-methyl/N-ethyl adjacent to an activating group) is 1. The van der Waals surface area contributed by atoms with E-state index in [0.717, 1.165) is 0 Å². The number of benzene rings is 1. The summed E-state index contributed by atoms with van der Waals surface area (Å²) < 4.78 is 36.7. The van der Waals surface area contributed by atoms with Gasteiger partial charge in [-0.1, -0.05) is 0 Å². The maximum absolute atomic E-state index is 12.2. The molecule has 1 aromatic rings. The van der Waals surface area contributed by atoms with Crippen LogP contribution in [-0.4, -0.2) is 41.9 Å². The third kappa shape index (κ3) is 6.38. The average molecular weight is 334 g/mol. The summed E-state index contributed by atoms with van der Waals surface area (Å²) in [5.41, 5.74) is -4.14. The molecule has 0 aromatic heterocycles. The molecule has 1 rings (SSSR count). The highest BCUT2D eigenvalue weighted by atomic mass is 32.2. The summed E-state index contributed by atoms with van der Waals surface area (Å²) in [5.74, 6) is -0.724. The zero-order chi connectivity index (χ0) is 16.9. The molecule has 1 aromatic carbocycles. The number of carbonyl (C=O) groups excluding carboxylic acids is 2. The van der Waals surface area contributed by atoms with Crippen molar-refractivity contribution in [2.24, 2.45) is 0 Å². The van der Waals surface area contributed by atoms with Gasteiger partial charge in [0.05, 0.1) is 6.54 Å². The SMILES string of the molecule is CC(C)NC(=O)CN(C)C(=O)c1ccc(SC(F)(F)F)cc1. The molecule has 0 aliphatic carbocycles. The van der Waals surface area contributed by atoms with Gasteiger partial charge in [0.2, 0.25) is 5.91 Å². The summed E-state index contributed by atoms with van der Waals surface area (Å²) in [6.45, 7) is 3.49. The number of nitrogens with one attached hydrogen (secondary N) is 1. The van der Waals surface area contributed by atoms with Gasteiger partial charge in [0.15, 0.2) is 0 Å². The molecular weight excluding hydrogens is 317 g/mol. The van der Waals surface area contributed by atoms with Crippen LogP contribution in [0.25, 0.3) is 0 Å². The predicted octanol–water partition coefficient (Wildman–Crippen LogP) is 2.90. The maximum Gasteiger partial charge on any atom is 0.446 e. The Bertz CT molecular complexity index is 530. The Kier molecular flexibility index (Phi) is 6.28. The molecule has 0 saturated carbocycles. The van der Waals surface area contributed by atoms with E-state index in [2.05, 4.69) is 5.32 Å². The molecular formula is C14H17F3N2O2S. The highest BCUT2D eigenvalue weighted by molar-refractivity contribution is 8.00. The molecule has 0 bridgehead atoms. The molecule has 0 unspecified atom stereocenters. The molecule has 8 heteroatoms. The fraction of sp³-hybridized carbons (Fsp3) is 0.429. The van der Waals surface area contributed by atoms with E-state index in [4.69, 9.17) is 0 Å². The Balaban J connectivity index is 2.67. The molecule has 0 heterocycles. The third-order valence-electron chi connectivity index (χ3n) is 2.51. The topological polar surface area (TPSA) is 49.4 Å². The van der Waals surface area contributed by atoms with E-state index in [1.165, 1.54) is 36.2 Å². The van der Waals surface area contributed by atoms with Crippen molar-refractivity contribution in [3.8, 4) is 0 Å². The van der Waals surface area contributed by atoms with Gasteiger partial charge in [0.25, 0.3) is 5.91 Å². The van der Waals surface area contributed by atoms with Crippen LogP contribution in [0.4, 0.5) is 13.2 Å². The molecule has 122 valence electrons. The van der Waals surface area contributed by atoms with Crippen LogP contribution in [-0.2, 0) is 4.79 Å². The van der Waals surface area contributed by atoms with Gasteiger partial charge in [-0.25, -0.2) is 0 Å². The molecule has 0 atom stereocenters. The third-order valence-corrected chi connectivity index (χ3v) is 3.25. The largest absolute Gasteiger partial charge is 0.446 e. The summed E-state index contributed by atoms with van der Waals surface area (Å²) in [6.07, 6.45) is 0. The minimum Gasteiger partial charge on any atom is -0.352 e. The fourth-order valence-corrected chi connectivity index (χ4v) is 2.21. The van der Waals surface area contributed by atoms with E-state index >= 15 is 0 Å². The minimum atomic E-state index is -4.36. The van der Waals surface area contributed by atoms with Gasteiger partial charge < -0.3 is 10.2 Å². The molecule has 2 amide bonds. The number of amides is 2. The first kappa shape index (κ1) is 18.3. The zero-order valence-electron chi connectivity index (χ0n) is 12.4. The van der Waals surface area contributed by atoms with Crippen molar-refractivity contribution < 1.29 is 22.8 Å². The molecule has 1 N–H and O–H groups in total. The van der Waals surface area contributed by atoms with Crippen LogP contribution < -0.4 is 5.32 Å². The molecule has 0 fully saturated rings. The molecule has 0 spiro atoms. The van der Waals surface area contributed by atoms with Gasteiger partial charge in [-0.05, 0) is 49.9 Å². The van der Waals surface area contributed by atoms with Gasteiger partial charge in [-0.3, -0.25) is 9.59 Å². The Morgan fingerprint density at radius 3 is 2.23 bits per heavy atom. The number of carbonyl (C=O) groups is 2. The van der Waals surface area contributed by atoms with Gasteiger partial charge in [0, 0.05) is 23.5 Å². The van der Waals surface area contributed by atoms with Crippen LogP contribution in [0, 0.1) is 0 Å². The van der Waals surface area contributed by atoms with Crippen LogP contribution >= 0.6 is 11.8 Å². The molecule has 0 aliphatic rings. The smallest absolute Gasteiger partial charge is 0.352 e. The molecule has 4 nitrogen and oxygen atoms in total. The lowest BCUT2D eigenvalue weighted by atomic mass is 10.2. The quantitative estimate of drug-likeness (QED) is 0.843.